The Morgan fingerprint density at radius 2 is 1.60 bits per heavy atom. The number of nitrogens with one attached hydrogen (secondary N) is 2. The average molecular weight is 491 g/mol. The van der Waals surface area contributed by atoms with E-state index in [1.165, 1.54) is 12.1 Å². The second-order valence-electron chi connectivity index (χ2n) is 7.78. The van der Waals surface area contributed by atoms with Crippen molar-refractivity contribution in [3.63, 3.8) is 0 Å². The third-order valence-electron chi connectivity index (χ3n) is 5.38. The minimum absolute atomic E-state index is 0.0593. The normalized spacial score (nSPS) is 13.6. The van der Waals surface area contributed by atoms with Crippen LogP contribution in [0.5, 0.6) is 11.5 Å². The second-order valence-corrected chi connectivity index (χ2v) is 9.46. The summed E-state index contributed by atoms with van der Waals surface area (Å²) in [5, 5.41) is 7.11. The molecule has 0 spiro atoms. The van der Waals surface area contributed by atoms with Crippen molar-refractivity contribution in [3.8, 4) is 11.5 Å². The standard InChI is InChI=1S/C25H22N4O5S/c30-25(24(29-14-4-13-26-29)18-5-2-1-3-6-18)27-19-7-9-20(10-8-19)28-35(31,32)21-11-12-22-23(17-21)34-16-15-33-22/h1-14,17,24,28H,15-16H2,(H,27,30). The number of aromatic nitrogens is 2. The fourth-order valence-electron chi connectivity index (χ4n) is 3.73. The zero-order valence-corrected chi connectivity index (χ0v) is 19.3. The number of hydrogen-bond acceptors (Lipinski definition) is 6. The molecule has 2 N–H and O–H groups in total. The first-order valence-corrected chi connectivity index (χ1v) is 12.4. The largest absolute Gasteiger partial charge is 0.486 e. The molecule has 0 radical (unpaired) electrons. The van der Waals surface area contributed by atoms with Gasteiger partial charge in [0.15, 0.2) is 17.5 Å². The Bertz CT molecular complexity index is 1420. The van der Waals surface area contributed by atoms with Gasteiger partial charge in [-0.15, -0.1) is 0 Å². The molecular weight excluding hydrogens is 468 g/mol. The second kappa shape index (κ2) is 9.51. The lowest BCUT2D eigenvalue weighted by atomic mass is 10.1. The van der Waals surface area contributed by atoms with Crippen LogP contribution in [0.4, 0.5) is 11.4 Å². The highest BCUT2D eigenvalue weighted by molar-refractivity contribution is 7.92. The fourth-order valence-corrected chi connectivity index (χ4v) is 4.80. The number of fused-ring (bicyclic) bond motifs is 1. The molecule has 1 atom stereocenters. The molecular formula is C25H22N4O5S. The highest BCUT2D eigenvalue weighted by atomic mass is 32.2. The molecule has 4 aromatic rings. The van der Waals surface area contributed by atoms with Crippen molar-refractivity contribution in [3.05, 3.63) is 96.8 Å². The maximum Gasteiger partial charge on any atom is 0.262 e. The zero-order chi connectivity index (χ0) is 24.3. The molecule has 0 saturated carbocycles. The van der Waals surface area contributed by atoms with Gasteiger partial charge in [0.25, 0.3) is 15.9 Å². The molecule has 35 heavy (non-hydrogen) atoms. The summed E-state index contributed by atoms with van der Waals surface area (Å²) >= 11 is 0. The Hall–Kier alpha value is -4.31. The van der Waals surface area contributed by atoms with E-state index in [1.807, 2.05) is 30.3 Å². The molecule has 1 amide bonds. The van der Waals surface area contributed by atoms with Gasteiger partial charge in [0, 0.05) is 29.8 Å². The van der Waals surface area contributed by atoms with E-state index in [9.17, 15) is 13.2 Å². The molecule has 9 nitrogen and oxygen atoms in total. The van der Waals surface area contributed by atoms with Gasteiger partial charge in [-0.05, 0) is 48.0 Å². The van der Waals surface area contributed by atoms with Crippen LogP contribution in [0.2, 0.25) is 0 Å². The Morgan fingerprint density at radius 1 is 0.886 bits per heavy atom. The molecule has 0 fully saturated rings. The number of hydrogen-bond donors (Lipinski definition) is 2. The number of benzene rings is 3. The zero-order valence-electron chi connectivity index (χ0n) is 18.5. The molecule has 1 unspecified atom stereocenters. The molecule has 1 aliphatic heterocycles. The smallest absolute Gasteiger partial charge is 0.262 e. The highest BCUT2D eigenvalue weighted by Gasteiger charge is 2.23. The summed E-state index contributed by atoms with van der Waals surface area (Å²) in [5.41, 5.74) is 1.66. The lowest BCUT2D eigenvalue weighted by molar-refractivity contribution is -0.118. The van der Waals surface area contributed by atoms with Crippen LogP contribution in [-0.2, 0) is 14.8 Å². The summed E-state index contributed by atoms with van der Waals surface area (Å²) in [5.74, 6) is 0.631. The third-order valence-corrected chi connectivity index (χ3v) is 6.76. The summed E-state index contributed by atoms with van der Waals surface area (Å²) in [7, 11) is -3.85. The number of rotatable bonds is 7. The van der Waals surface area contributed by atoms with Crippen LogP contribution in [-0.4, -0.2) is 37.3 Å². The molecule has 2 heterocycles. The summed E-state index contributed by atoms with van der Waals surface area (Å²) < 4.78 is 40.7. The number of nitrogens with zero attached hydrogens (tertiary/aromatic N) is 2. The number of carbonyl (C=O) groups is 1. The van der Waals surface area contributed by atoms with Crippen molar-refractivity contribution < 1.29 is 22.7 Å². The fraction of sp³-hybridized carbons (Fsp3) is 0.120. The summed E-state index contributed by atoms with van der Waals surface area (Å²) in [4.78, 5) is 13.2. The summed E-state index contributed by atoms with van der Waals surface area (Å²) in [6, 6.07) is 21.3. The first-order chi connectivity index (χ1) is 17.0. The van der Waals surface area contributed by atoms with E-state index in [2.05, 4.69) is 15.1 Å². The highest BCUT2D eigenvalue weighted by Crippen LogP contribution is 2.33. The maximum atomic E-state index is 13.1. The Kier molecular flexibility index (Phi) is 6.11. The lowest BCUT2D eigenvalue weighted by Gasteiger charge is -2.19. The summed E-state index contributed by atoms with van der Waals surface area (Å²) in [6.45, 7) is 0.789. The van der Waals surface area contributed by atoms with E-state index in [-0.39, 0.29) is 10.8 Å². The van der Waals surface area contributed by atoms with E-state index in [1.54, 1.807) is 53.5 Å². The maximum absolute atomic E-state index is 13.1. The monoisotopic (exact) mass is 490 g/mol. The molecule has 1 aromatic heterocycles. The van der Waals surface area contributed by atoms with E-state index in [4.69, 9.17) is 9.47 Å². The van der Waals surface area contributed by atoms with Gasteiger partial charge in [-0.25, -0.2) is 8.42 Å². The van der Waals surface area contributed by atoms with Crippen LogP contribution in [0.25, 0.3) is 0 Å². The van der Waals surface area contributed by atoms with Crippen LogP contribution >= 0.6 is 0 Å². The minimum atomic E-state index is -3.85. The van der Waals surface area contributed by atoms with Gasteiger partial charge >= 0.3 is 0 Å². The van der Waals surface area contributed by atoms with Gasteiger partial charge in [-0.3, -0.25) is 14.2 Å². The molecule has 0 aliphatic carbocycles. The van der Waals surface area contributed by atoms with Gasteiger partial charge in [0.05, 0.1) is 4.90 Å². The summed E-state index contributed by atoms with van der Waals surface area (Å²) in [6.07, 6.45) is 3.35. The predicted molar refractivity (Wildman–Crippen MR) is 130 cm³/mol. The van der Waals surface area contributed by atoms with Crippen LogP contribution in [0.15, 0.2) is 96.2 Å². The Labute approximate surface area is 202 Å². The quantitative estimate of drug-likeness (QED) is 0.409. The van der Waals surface area contributed by atoms with E-state index in [0.29, 0.717) is 36.1 Å². The van der Waals surface area contributed by atoms with Crippen molar-refractivity contribution in [2.75, 3.05) is 23.3 Å². The van der Waals surface area contributed by atoms with Crippen LogP contribution < -0.4 is 19.5 Å². The topological polar surface area (TPSA) is 112 Å². The Balaban J connectivity index is 1.30. The van der Waals surface area contributed by atoms with E-state index >= 15 is 0 Å². The molecule has 5 rings (SSSR count). The molecule has 0 saturated heterocycles. The van der Waals surface area contributed by atoms with Crippen LogP contribution in [0, 0.1) is 0 Å². The SMILES string of the molecule is O=C(Nc1ccc(NS(=O)(=O)c2ccc3c(c2)OCCO3)cc1)C(c1ccccc1)n1cccn1. The van der Waals surface area contributed by atoms with Crippen molar-refractivity contribution in [1.82, 2.24) is 9.78 Å². The third kappa shape index (κ3) is 4.97. The molecule has 178 valence electrons. The first-order valence-electron chi connectivity index (χ1n) is 10.9. The van der Waals surface area contributed by atoms with Gasteiger partial charge in [-0.2, -0.15) is 5.10 Å². The first kappa shape index (κ1) is 22.5. The predicted octanol–water partition coefficient (Wildman–Crippen LogP) is 3.68. The number of anilines is 2. The van der Waals surface area contributed by atoms with Crippen molar-refractivity contribution >= 4 is 27.3 Å². The van der Waals surface area contributed by atoms with Crippen LogP contribution in [0.3, 0.4) is 0 Å². The average Bonchev–Trinajstić information content (AvgIpc) is 3.40. The lowest BCUT2D eigenvalue weighted by Crippen LogP contribution is -2.27. The van der Waals surface area contributed by atoms with Gasteiger partial charge in [0.2, 0.25) is 0 Å². The molecule has 10 heteroatoms. The van der Waals surface area contributed by atoms with E-state index < -0.39 is 16.1 Å². The number of amides is 1. The number of carbonyl (C=O) groups excluding carboxylic acids is 1. The molecule has 3 aromatic carbocycles. The minimum Gasteiger partial charge on any atom is -0.486 e. The Morgan fingerprint density at radius 3 is 2.31 bits per heavy atom. The number of ether oxygens (including phenoxy) is 2. The van der Waals surface area contributed by atoms with Gasteiger partial charge in [0.1, 0.15) is 13.2 Å². The molecule has 0 bridgehead atoms. The van der Waals surface area contributed by atoms with E-state index in [0.717, 1.165) is 5.56 Å². The van der Waals surface area contributed by atoms with Crippen molar-refractivity contribution in [2.24, 2.45) is 0 Å². The van der Waals surface area contributed by atoms with Gasteiger partial charge in [-0.1, -0.05) is 30.3 Å². The van der Waals surface area contributed by atoms with Crippen molar-refractivity contribution in [1.29, 1.82) is 0 Å². The van der Waals surface area contributed by atoms with Crippen LogP contribution in [0.1, 0.15) is 11.6 Å². The van der Waals surface area contributed by atoms with Gasteiger partial charge < -0.3 is 14.8 Å². The number of sulfonamides is 1. The van der Waals surface area contributed by atoms with Crippen molar-refractivity contribution in [2.45, 2.75) is 10.9 Å². The molecule has 1 aliphatic rings.